The number of nitrogens with one attached hydrogen (secondary N) is 2. The summed E-state index contributed by atoms with van der Waals surface area (Å²) in [7, 11) is 0. The molecule has 0 aliphatic carbocycles. The highest BCUT2D eigenvalue weighted by Crippen LogP contribution is 2.18. The summed E-state index contributed by atoms with van der Waals surface area (Å²) in [6.07, 6.45) is 0. The summed E-state index contributed by atoms with van der Waals surface area (Å²) in [6, 6.07) is 11.6. The highest BCUT2D eigenvalue weighted by Gasteiger charge is 2.05. The molecule has 1 aromatic heterocycles. The lowest BCUT2D eigenvalue weighted by Crippen LogP contribution is -1.99. The van der Waals surface area contributed by atoms with Gasteiger partial charge in [0.1, 0.15) is 0 Å². The highest BCUT2D eigenvalue weighted by atomic mass is 16.6. The quantitative estimate of drug-likeness (QED) is 0.566. The minimum absolute atomic E-state index is 0.0659. The maximum atomic E-state index is 11.1. The molecule has 0 unspecified atom stereocenters. The van der Waals surface area contributed by atoms with Gasteiger partial charge in [0.15, 0.2) is 5.58 Å². The Morgan fingerprint density at radius 1 is 1.19 bits per heavy atom. The predicted octanol–water partition coefficient (Wildman–Crippen LogP) is 2.64. The van der Waals surface area contributed by atoms with Gasteiger partial charge in [-0.3, -0.25) is 15.1 Å². The number of H-pyrrole nitrogens is 1. The van der Waals surface area contributed by atoms with E-state index < -0.39 is 10.7 Å². The number of non-ortho nitro benzene ring substituents is 1. The van der Waals surface area contributed by atoms with E-state index in [-0.39, 0.29) is 5.69 Å². The molecule has 0 saturated heterocycles. The molecule has 1 heterocycles. The van der Waals surface area contributed by atoms with E-state index in [4.69, 9.17) is 4.42 Å². The first-order chi connectivity index (χ1) is 10.1. The zero-order valence-corrected chi connectivity index (χ0v) is 10.8. The van der Waals surface area contributed by atoms with E-state index in [0.717, 1.165) is 11.3 Å². The normalized spacial score (nSPS) is 10.7. The summed E-state index contributed by atoms with van der Waals surface area (Å²) in [4.78, 5) is 23.8. The van der Waals surface area contributed by atoms with Crippen LogP contribution in [0.2, 0.25) is 0 Å². The number of nitrogens with zero attached hydrogens (tertiary/aromatic N) is 1. The van der Waals surface area contributed by atoms with Crippen LogP contribution in [-0.2, 0) is 6.54 Å². The van der Waals surface area contributed by atoms with Crippen molar-refractivity contribution >= 4 is 22.5 Å². The number of aromatic amines is 1. The van der Waals surface area contributed by atoms with Crippen molar-refractivity contribution in [3.63, 3.8) is 0 Å². The minimum Gasteiger partial charge on any atom is -0.408 e. The number of rotatable bonds is 4. The summed E-state index contributed by atoms with van der Waals surface area (Å²) >= 11 is 0. The van der Waals surface area contributed by atoms with Crippen LogP contribution in [0, 0.1) is 10.1 Å². The average Bonchev–Trinajstić information content (AvgIpc) is 2.84. The third-order valence-electron chi connectivity index (χ3n) is 3.06. The van der Waals surface area contributed by atoms with Crippen molar-refractivity contribution in [3.8, 4) is 0 Å². The van der Waals surface area contributed by atoms with Crippen molar-refractivity contribution in [2.24, 2.45) is 0 Å². The Labute approximate surface area is 118 Å². The molecule has 21 heavy (non-hydrogen) atoms. The second-order valence-electron chi connectivity index (χ2n) is 4.50. The number of nitro benzene ring substituents is 1. The summed E-state index contributed by atoms with van der Waals surface area (Å²) in [5.41, 5.74) is 2.92. The van der Waals surface area contributed by atoms with Gasteiger partial charge >= 0.3 is 5.76 Å². The monoisotopic (exact) mass is 285 g/mol. The lowest BCUT2D eigenvalue weighted by Gasteiger charge is -2.06. The number of aromatic nitrogens is 1. The molecule has 0 aliphatic heterocycles. The van der Waals surface area contributed by atoms with Crippen molar-refractivity contribution in [2.75, 3.05) is 5.32 Å². The Balaban J connectivity index is 1.73. The van der Waals surface area contributed by atoms with E-state index in [1.165, 1.54) is 12.1 Å². The molecule has 0 amide bonds. The second-order valence-corrected chi connectivity index (χ2v) is 4.50. The van der Waals surface area contributed by atoms with Crippen molar-refractivity contribution in [1.82, 2.24) is 4.98 Å². The fourth-order valence-electron chi connectivity index (χ4n) is 2.00. The summed E-state index contributed by atoms with van der Waals surface area (Å²) in [6.45, 7) is 0.519. The number of benzene rings is 2. The molecule has 0 aliphatic rings. The van der Waals surface area contributed by atoms with Gasteiger partial charge in [0, 0.05) is 24.4 Å². The van der Waals surface area contributed by atoms with Crippen molar-refractivity contribution < 1.29 is 9.34 Å². The summed E-state index contributed by atoms with van der Waals surface area (Å²) < 4.78 is 4.92. The first-order valence-electron chi connectivity index (χ1n) is 6.22. The molecule has 0 bridgehead atoms. The predicted molar refractivity (Wildman–Crippen MR) is 77.3 cm³/mol. The number of anilines is 1. The molecule has 3 aromatic rings. The van der Waals surface area contributed by atoms with Gasteiger partial charge in [-0.15, -0.1) is 0 Å². The van der Waals surface area contributed by atoms with Crippen LogP contribution < -0.4 is 11.1 Å². The first-order valence-corrected chi connectivity index (χ1v) is 6.22. The standard InChI is InChI=1S/C14H11N3O4/c18-14-16-12-7-10(3-6-13(12)21-14)15-8-9-1-4-11(5-2-9)17(19)20/h1-7,15H,8H2,(H,16,18). The van der Waals surface area contributed by atoms with E-state index in [2.05, 4.69) is 10.3 Å². The SMILES string of the molecule is O=c1[nH]c2cc(NCc3ccc([N+](=O)[O-])cc3)ccc2o1. The molecular formula is C14H11N3O4. The van der Waals surface area contributed by atoms with Gasteiger partial charge in [-0.2, -0.15) is 0 Å². The Hall–Kier alpha value is -3.09. The summed E-state index contributed by atoms with van der Waals surface area (Å²) in [5.74, 6) is -0.488. The fraction of sp³-hybridized carbons (Fsp3) is 0.0714. The van der Waals surface area contributed by atoms with E-state index in [1.54, 1.807) is 30.3 Å². The maximum Gasteiger partial charge on any atom is 0.417 e. The van der Waals surface area contributed by atoms with Crippen LogP contribution in [0.3, 0.4) is 0 Å². The Morgan fingerprint density at radius 2 is 1.95 bits per heavy atom. The van der Waals surface area contributed by atoms with Crippen molar-refractivity contribution in [3.05, 3.63) is 68.7 Å². The molecule has 7 heteroatoms. The number of hydrogen-bond donors (Lipinski definition) is 2. The van der Waals surface area contributed by atoms with Gasteiger partial charge in [-0.1, -0.05) is 12.1 Å². The largest absolute Gasteiger partial charge is 0.417 e. The van der Waals surface area contributed by atoms with Crippen LogP contribution in [0.5, 0.6) is 0 Å². The van der Waals surface area contributed by atoms with Crippen LogP contribution >= 0.6 is 0 Å². The van der Waals surface area contributed by atoms with Gasteiger partial charge in [0.25, 0.3) is 5.69 Å². The first kappa shape index (κ1) is 12.9. The van der Waals surface area contributed by atoms with Gasteiger partial charge in [0.2, 0.25) is 0 Å². The highest BCUT2D eigenvalue weighted by molar-refractivity contribution is 5.76. The van der Waals surface area contributed by atoms with Crippen LogP contribution in [-0.4, -0.2) is 9.91 Å². The Morgan fingerprint density at radius 3 is 2.67 bits per heavy atom. The molecule has 0 spiro atoms. The van der Waals surface area contributed by atoms with Crippen LogP contribution in [0.4, 0.5) is 11.4 Å². The minimum atomic E-state index is -0.488. The van der Waals surface area contributed by atoms with Gasteiger partial charge in [-0.05, 0) is 23.8 Å². The zero-order valence-electron chi connectivity index (χ0n) is 10.8. The van der Waals surface area contributed by atoms with E-state index in [0.29, 0.717) is 17.6 Å². The van der Waals surface area contributed by atoms with Crippen LogP contribution in [0.1, 0.15) is 5.56 Å². The molecule has 106 valence electrons. The smallest absolute Gasteiger partial charge is 0.408 e. The molecular weight excluding hydrogens is 274 g/mol. The van der Waals surface area contributed by atoms with Gasteiger partial charge in [0.05, 0.1) is 10.4 Å². The van der Waals surface area contributed by atoms with Crippen molar-refractivity contribution in [2.45, 2.75) is 6.54 Å². The lowest BCUT2D eigenvalue weighted by atomic mass is 10.2. The molecule has 0 saturated carbocycles. The van der Waals surface area contributed by atoms with E-state index in [1.807, 2.05) is 0 Å². The van der Waals surface area contributed by atoms with Gasteiger partial charge < -0.3 is 9.73 Å². The average molecular weight is 285 g/mol. The molecule has 3 rings (SSSR count). The number of fused-ring (bicyclic) bond motifs is 1. The maximum absolute atomic E-state index is 11.1. The van der Waals surface area contributed by atoms with Crippen LogP contribution in [0.15, 0.2) is 51.7 Å². The molecule has 2 aromatic carbocycles. The molecule has 0 radical (unpaired) electrons. The number of hydrogen-bond acceptors (Lipinski definition) is 5. The lowest BCUT2D eigenvalue weighted by molar-refractivity contribution is -0.384. The van der Waals surface area contributed by atoms with Gasteiger partial charge in [-0.25, -0.2) is 4.79 Å². The number of oxazole rings is 1. The van der Waals surface area contributed by atoms with E-state index >= 15 is 0 Å². The molecule has 0 atom stereocenters. The molecule has 2 N–H and O–H groups in total. The Kier molecular flexibility index (Phi) is 3.15. The topological polar surface area (TPSA) is 101 Å². The third-order valence-corrected chi connectivity index (χ3v) is 3.06. The summed E-state index contributed by atoms with van der Waals surface area (Å²) in [5, 5.41) is 13.7. The zero-order chi connectivity index (χ0) is 14.8. The van der Waals surface area contributed by atoms with E-state index in [9.17, 15) is 14.9 Å². The Bertz CT molecular complexity index is 849. The number of nitro groups is 1. The molecule has 7 nitrogen and oxygen atoms in total. The second kappa shape index (κ2) is 5.12. The van der Waals surface area contributed by atoms with Crippen LogP contribution in [0.25, 0.3) is 11.1 Å². The van der Waals surface area contributed by atoms with Crippen molar-refractivity contribution in [1.29, 1.82) is 0 Å². The molecule has 0 fully saturated rings. The third kappa shape index (κ3) is 2.76. The fourth-order valence-corrected chi connectivity index (χ4v) is 2.00.